The fourth-order valence-corrected chi connectivity index (χ4v) is 2.86. The number of hydrogen-bond acceptors (Lipinski definition) is 4. The predicted molar refractivity (Wildman–Crippen MR) is 76.7 cm³/mol. The highest BCUT2D eigenvalue weighted by Crippen LogP contribution is 2.29. The second kappa shape index (κ2) is 5.83. The molecule has 1 aromatic rings. The molecule has 0 radical (unpaired) electrons. The summed E-state index contributed by atoms with van der Waals surface area (Å²) in [6, 6.07) is 4.94. The first-order valence-electron chi connectivity index (χ1n) is 7.17. The Labute approximate surface area is 122 Å². The predicted octanol–water partition coefficient (Wildman–Crippen LogP) is 0.652. The number of morpholine rings is 1. The van der Waals surface area contributed by atoms with Gasteiger partial charge in [-0.05, 0) is 36.6 Å². The van der Waals surface area contributed by atoms with Crippen LogP contribution in [0.3, 0.4) is 0 Å². The number of carbonyl (C=O) groups excluding carboxylic acids is 1. The van der Waals surface area contributed by atoms with Crippen molar-refractivity contribution in [3.63, 3.8) is 0 Å². The largest absolute Gasteiger partial charge is 0.478 e. The normalized spacial score (nSPS) is 21.7. The van der Waals surface area contributed by atoms with Crippen LogP contribution in [0.1, 0.15) is 22.3 Å². The van der Waals surface area contributed by atoms with Gasteiger partial charge in [-0.1, -0.05) is 0 Å². The highest BCUT2D eigenvalue weighted by atomic mass is 16.5. The summed E-state index contributed by atoms with van der Waals surface area (Å²) in [5.41, 5.74) is 1.99. The van der Waals surface area contributed by atoms with E-state index >= 15 is 0 Å². The SMILES string of the molecule is O=C(O)c1ccc2c(c1)CCCN2C(=O)[C@H]1CNCCO1. The van der Waals surface area contributed by atoms with Crippen molar-refractivity contribution in [3.05, 3.63) is 29.3 Å². The monoisotopic (exact) mass is 290 g/mol. The van der Waals surface area contributed by atoms with Crippen LogP contribution in [-0.4, -0.2) is 49.3 Å². The quantitative estimate of drug-likeness (QED) is 0.836. The maximum atomic E-state index is 12.6. The van der Waals surface area contributed by atoms with E-state index in [4.69, 9.17) is 9.84 Å². The van der Waals surface area contributed by atoms with Gasteiger partial charge in [0, 0.05) is 25.3 Å². The molecule has 2 N–H and O–H groups in total. The molecule has 0 aromatic heterocycles. The van der Waals surface area contributed by atoms with Crippen LogP contribution < -0.4 is 10.2 Å². The van der Waals surface area contributed by atoms with Crippen LogP contribution in [0.5, 0.6) is 0 Å². The van der Waals surface area contributed by atoms with Gasteiger partial charge >= 0.3 is 5.97 Å². The summed E-state index contributed by atoms with van der Waals surface area (Å²) in [5.74, 6) is -0.993. The molecule has 6 heteroatoms. The number of carboxylic acid groups (broad SMARTS) is 1. The van der Waals surface area contributed by atoms with Crippen LogP contribution in [0.4, 0.5) is 5.69 Å². The van der Waals surface area contributed by atoms with Crippen molar-refractivity contribution in [2.24, 2.45) is 0 Å². The lowest BCUT2D eigenvalue weighted by Gasteiger charge is -2.33. The molecular weight excluding hydrogens is 272 g/mol. The lowest BCUT2D eigenvalue weighted by atomic mass is 9.98. The van der Waals surface area contributed by atoms with E-state index in [0.29, 0.717) is 19.7 Å². The van der Waals surface area contributed by atoms with Crippen LogP contribution in [0.15, 0.2) is 18.2 Å². The summed E-state index contributed by atoms with van der Waals surface area (Å²) in [6.07, 6.45) is 1.18. The highest BCUT2D eigenvalue weighted by molar-refractivity contribution is 5.98. The first kappa shape index (κ1) is 14.0. The number of aromatic carboxylic acids is 1. The molecule has 0 unspecified atom stereocenters. The number of rotatable bonds is 2. The van der Waals surface area contributed by atoms with Crippen LogP contribution in [0.25, 0.3) is 0 Å². The molecule has 1 amide bonds. The van der Waals surface area contributed by atoms with E-state index in [1.54, 1.807) is 23.1 Å². The van der Waals surface area contributed by atoms with Gasteiger partial charge in [-0.25, -0.2) is 4.79 Å². The molecule has 2 aliphatic rings. The molecule has 2 aliphatic heterocycles. The van der Waals surface area contributed by atoms with Crippen molar-refractivity contribution in [1.29, 1.82) is 0 Å². The Morgan fingerprint density at radius 2 is 2.24 bits per heavy atom. The van der Waals surface area contributed by atoms with Crippen molar-refractivity contribution >= 4 is 17.6 Å². The van der Waals surface area contributed by atoms with E-state index in [1.165, 1.54) is 0 Å². The highest BCUT2D eigenvalue weighted by Gasteiger charge is 2.30. The number of anilines is 1. The van der Waals surface area contributed by atoms with Gasteiger partial charge in [0.2, 0.25) is 0 Å². The van der Waals surface area contributed by atoms with E-state index in [9.17, 15) is 9.59 Å². The van der Waals surface area contributed by atoms with Gasteiger partial charge in [-0.15, -0.1) is 0 Å². The molecular formula is C15H18N2O4. The molecule has 3 rings (SSSR count). The van der Waals surface area contributed by atoms with Crippen LogP contribution in [-0.2, 0) is 16.0 Å². The smallest absolute Gasteiger partial charge is 0.335 e. The molecule has 0 aliphatic carbocycles. The molecule has 6 nitrogen and oxygen atoms in total. The van der Waals surface area contributed by atoms with Crippen molar-refractivity contribution in [2.75, 3.05) is 31.1 Å². The van der Waals surface area contributed by atoms with E-state index < -0.39 is 12.1 Å². The number of carbonyl (C=O) groups is 2. The molecule has 0 spiro atoms. The maximum Gasteiger partial charge on any atom is 0.335 e. The molecule has 0 saturated carbocycles. The van der Waals surface area contributed by atoms with E-state index in [1.807, 2.05) is 0 Å². The second-order valence-corrected chi connectivity index (χ2v) is 5.31. The lowest BCUT2D eigenvalue weighted by molar-refractivity contribution is -0.131. The number of fused-ring (bicyclic) bond motifs is 1. The maximum absolute atomic E-state index is 12.6. The van der Waals surface area contributed by atoms with E-state index in [-0.39, 0.29) is 11.5 Å². The summed E-state index contributed by atoms with van der Waals surface area (Å²) >= 11 is 0. The minimum Gasteiger partial charge on any atom is -0.478 e. The van der Waals surface area contributed by atoms with Gasteiger partial charge in [0.1, 0.15) is 6.10 Å². The van der Waals surface area contributed by atoms with Gasteiger partial charge in [-0.3, -0.25) is 4.79 Å². The zero-order chi connectivity index (χ0) is 14.8. The van der Waals surface area contributed by atoms with E-state index in [2.05, 4.69) is 5.32 Å². The zero-order valence-electron chi connectivity index (χ0n) is 11.7. The van der Waals surface area contributed by atoms with Gasteiger partial charge in [0.15, 0.2) is 0 Å². The molecule has 2 heterocycles. The van der Waals surface area contributed by atoms with Crippen LogP contribution in [0, 0.1) is 0 Å². The summed E-state index contributed by atoms with van der Waals surface area (Å²) in [7, 11) is 0. The Morgan fingerprint density at radius 3 is 2.95 bits per heavy atom. The summed E-state index contributed by atoms with van der Waals surface area (Å²) in [4.78, 5) is 25.3. The number of ether oxygens (including phenoxy) is 1. The minimum absolute atomic E-state index is 0.0498. The van der Waals surface area contributed by atoms with Gasteiger partial charge in [-0.2, -0.15) is 0 Å². The zero-order valence-corrected chi connectivity index (χ0v) is 11.7. The number of nitrogens with zero attached hydrogens (tertiary/aromatic N) is 1. The van der Waals surface area contributed by atoms with Gasteiger partial charge < -0.3 is 20.1 Å². The lowest BCUT2D eigenvalue weighted by Crippen LogP contribution is -2.50. The van der Waals surface area contributed by atoms with Gasteiger partial charge in [0.25, 0.3) is 5.91 Å². The summed E-state index contributed by atoms with van der Waals surface area (Å²) in [6.45, 7) is 2.48. The molecule has 1 atom stereocenters. The van der Waals surface area contributed by atoms with Crippen molar-refractivity contribution < 1.29 is 19.4 Å². The Morgan fingerprint density at radius 1 is 1.38 bits per heavy atom. The molecule has 0 bridgehead atoms. The Bertz CT molecular complexity index is 567. The van der Waals surface area contributed by atoms with Gasteiger partial charge in [0.05, 0.1) is 12.2 Å². The third-order valence-corrected chi connectivity index (χ3v) is 3.91. The Hall–Kier alpha value is -1.92. The second-order valence-electron chi connectivity index (χ2n) is 5.31. The third-order valence-electron chi connectivity index (χ3n) is 3.91. The fourth-order valence-electron chi connectivity index (χ4n) is 2.86. The van der Waals surface area contributed by atoms with Crippen molar-refractivity contribution in [3.8, 4) is 0 Å². The average molecular weight is 290 g/mol. The number of nitrogens with one attached hydrogen (secondary N) is 1. The minimum atomic E-state index is -0.943. The summed E-state index contributed by atoms with van der Waals surface area (Å²) < 4.78 is 5.52. The molecule has 21 heavy (non-hydrogen) atoms. The first-order valence-corrected chi connectivity index (χ1v) is 7.17. The van der Waals surface area contributed by atoms with Crippen LogP contribution in [0.2, 0.25) is 0 Å². The number of amides is 1. The number of hydrogen-bond donors (Lipinski definition) is 2. The van der Waals surface area contributed by atoms with E-state index in [0.717, 1.165) is 30.6 Å². The Kier molecular flexibility index (Phi) is 3.90. The number of carboxylic acids is 1. The topological polar surface area (TPSA) is 78.9 Å². The molecule has 1 saturated heterocycles. The molecule has 112 valence electrons. The average Bonchev–Trinajstić information content (AvgIpc) is 2.54. The third kappa shape index (κ3) is 2.77. The number of benzene rings is 1. The first-order chi connectivity index (χ1) is 10.2. The standard InChI is InChI=1S/C15H18N2O4/c18-14(13-9-16-5-7-21-13)17-6-1-2-10-8-11(15(19)20)3-4-12(10)17/h3-4,8,13,16H,1-2,5-7,9H2,(H,19,20)/t13-/m1/s1. The van der Waals surface area contributed by atoms with Crippen molar-refractivity contribution in [1.82, 2.24) is 5.32 Å². The van der Waals surface area contributed by atoms with Crippen LogP contribution >= 0.6 is 0 Å². The number of aryl methyl sites for hydroxylation is 1. The Balaban J connectivity index is 1.86. The van der Waals surface area contributed by atoms with Crippen molar-refractivity contribution in [2.45, 2.75) is 18.9 Å². The molecule has 1 aromatic carbocycles. The summed E-state index contributed by atoms with van der Waals surface area (Å²) in [5, 5.41) is 12.2. The molecule has 1 fully saturated rings. The fraction of sp³-hybridized carbons (Fsp3) is 0.467.